The Bertz CT molecular complexity index is 1130. The standard InChI is InChI=1S/C18H10F5N5O3/c19-7-2-1-3-8(4-7)24-11(29)6-27-16-14(25-26-27)17(30)28(18(16)31)15-12(22)9(20)5-10(21)13(15)23/h1-5,14,16H,6H2,(H,24,29). The summed E-state index contributed by atoms with van der Waals surface area (Å²) in [6.45, 7) is -0.628. The third kappa shape index (κ3) is 3.37. The first-order valence-corrected chi connectivity index (χ1v) is 8.62. The van der Waals surface area contributed by atoms with Gasteiger partial charge >= 0.3 is 0 Å². The largest absolute Gasteiger partial charge is 0.324 e. The van der Waals surface area contributed by atoms with Crippen molar-refractivity contribution in [2.75, 3.05) is 16.8 Å². The van der Waals surface area contributed by atoms with Crippen LogP contribution in [0.15, 0.2) is 40.7 Å². The molecule has 160 valence electrons. The van der Waals surface area contributed by atoms with E-state index in [2.05, 4.69) is 15.7 Å². The van der Waals surface area contributed by atoms with E-state index >= 15 is 0 Å². The molecule has 4 rings (SSSR count). The van der Waals surface area contributed by atoms with Crippen LogP contribution in [0.25, 0.3) is 0 Å². The molecule has 0 radical (unpaired) electrons. The zero-order valence-electron chi connectivity index (χ0n) is 15.2. The molecule has 2 aromatic carbocycles. The Balaban J connectivity index is 1.57. The van der Waals surface area contributed by atoms with Gasteiger partial charge in [-0.15, -0.1) is 0 Å². The highest BCUT2D eigenvalue weighted by molar-refractivity contribution is 6.25. The van der Waals surface area contributed by atoms with Crippen LogP contribution in [-0.2, 0) is 14.4 Å². The maximum Gasteiger partial charge on any atom is 0.263 e. The molecule has 2 unspecified atom stereocenters. The van der Waals surface area contributed by atoms with Crippen LogP contribution in [0.5, 0.6) is 0 Å². The summed E-state index contributed by atoms with van der Waals surface area (Å²) in [6, 6.07) is 1.72. The van der Waals surface area contributed by atoms with Gasteiger partial charge < -0.3 is 5.32 Å². The Kier molecular flexibility index (Phi) is 4.87. The molecule has 2 aromatic rings. The molecular formula is C18H10F5N5O3. The molecular weight excluding hydrogens is 429 g/mol. The average Bonchev–Trinajstić information content (AvgIpc) is 3.21. The van der Waals surface area contributed by atoms with Gasteiger partial charge in [-0.25, -0.2) is 26.9 Å². The van der Waals surface area contributed by atoms with Crippen molar-refractivity contribution in [3.8, 4) is 0 Å². The van der Waals surface area contributed by atoms with Gasteiger partial charge in [0, 0.05) is 11.8 Å². The molecule has 2 heterocycles. The molecule has 8 nitrogen and oxygen atoms in total. The Labute approximate surface area is 169 Å². The van der Waals surface area contributed by atoms with Crippen LogP contribution >= 0.6 is 0 Å². The topological polar surface area (TPSA) is 94.4 Å². The smallest absolute Gasteiger partial charge is 0.263 e. The summed E-state index contributed by atoms with van der Waals surface area (Å²) >= 11 is 0. The number of nitrogens with one attached hydrogen (secondary N) is 1. The van der Waals surface area contributed by atoms with Crippen LogP contribution in [0.3, 0.4) is 0 Å². The third-order valence-corrected chi connectivity index (χ3v) is 4.58. The van der Waals surface area contributed by atoms with Gasteiger partial charge in [-0.1, -0.05) is 11.3 Å². The molecule has 2 atom stereocenters. The molecule has 0 bridgehead atoms. The SMILES string of the molecule is O=C(CN1N=NC2C(=O)N(c3c(F)c(F)cc(F)c3F)C(=O)C21)Nc1cccc(F)c1. The predicted octanol–water partition coefficient (Wildman–Crippen LogP) is 2.31. The number of hydrogen-bond acceptors (Lipinski definition) is 6. The zero-order chi connectivity index (χ0) is 22.4. The van der Waals surface area contributed by atoms with Crippen LogP contribution in [0.4, 0.5) is 33.3 Å². The maximum absolute atomic E-state index is 14.1. The van der Waals surface area contributed by atoms with Gasteiger partial charge in [-0.3, -0.25) is 19.4 Å². The summed E-state index contributed by atoms with van der Waals surface area (Å²) in [7, 11) is 0. The predicted molar refractivity (Wildman–Crippen MR) is 92.9 cm³/mol. The molecule has 1 fully saturated rings. The van der Waals surface area contributed by atoms with Crippen LogP contribution in [-0.4, -0.2) is 41.4 Å². The van der Waals surface area contributed by atoms with E-state index < -0.39 is 71.1 Å². The van der Waals surface area contributed by atoms with Crippen LogP contribution in [0.1, 0.15) is 0 Å². The summed E-state index contributed by atoms with van der Waals surface area (Å²) in [5.41, 5.74) is -1.41. The fourth-order valence-corrected chi connectivity index (χ4v) is 3.24. The summed E-state index contributed by atoms with van der Waals surface area (Å²) in [5, 5.41) is 10.2. The summed E-state index contributed by atoms with van der Waals surface area (Å²) < 4.78 is 68.5. The van der Waals surface area contributed by atoms with Crippen molar-refractivity contribution >= 4 is 29.1 Å². The third-order valence-electron chi connectivity index (χ3n) is 4.58. The second kappa shape index (κ2) is 7.41. The number of benzene rings is 2. The zero-order valence-corrected chi connectivity index (χ0v) is 15.2. The van der Waals surface area contributed by atoms with Gasteiger partial charge in [-0.05, 0) is 18.2 Å². The first-order chi connectivity index (χ1) is 14.7. The van der Waals surface area contributed by atoms with Gasteiger partial charge in [0.2, 0.25) is 5.91 Å². The highest BCUT2D eigenvalue weighted by atomic mass is 19.2. The Morgan fingerprint density at radius 1 is 1.00 bits per heavy atom. The number of fused-ring (bicyclic) bond motifs is 1. The number of carbonyl (C=O) groups excluding carboxylic acids is 3. The van der Waals surface area contributed by atoms with Crippen LogP contribution < -0.4 is 10.2 Å². The molecule has 1 saturated heterocycles. The van der Waals surface area contributed by atoms with Gasteiger partial charge in [0.15, 0.2) is 35.4 Å². The summed E-state index contributed by atoms with van der Waals surface area (Å²) in [5.74, 6) is -11.4. The first kappa shape index (κ1) is 20.4. The van der Waals surface area contributed by atoms with E-state index in [-0.39, 0.29) is 16.7 Å². The van der Waals surface area contributed by atoms with Crippen molar-refractivity contribution < 1.29 is 36.3 Å². The molecule has 2 aliphatic rings. The molecule has 2 aliphatic heterocycles. The van der Waals surface area contributed by atoms with Gasteiger partial charge in [0.1, 0.15) is 18.0 Å². The number of anilines is 2. The molecule has 0 aromatic heterocycles. The van der Waals surface area contributed by atoms with E-state index in [4.69, 9.17) is 0 Å². The Hall–Kier alpha value is -3.90. The van der Waals surface area contributed by atoms with Crippen molar-refractivity contribution in [2.45, 2.75) is 12.1 Å². The second-order valence-corrected chi connectivity index (χ2v) is 6.58. The Morgan fingerprint density at radius 2 is 1.68 bits per heavy atom. The molecule has 3 amide bonds. The monoisotopic (exact) mass is 439 g/mol. The van der Waals surface area contributed by atoms with Gasteiger partial charge in [0.05, 0.1) is 0 Å². The summed E-state index contributed by atoms with van der Waals surface area (Å²) in [4.78, 5) is 37.3. The normalized spacial score (nSPS) is 19.9. The fourth-order valence-electron chi connectivity index (χ4n) is 3.24. The number of amides is 3. The molecule has 0 spiro atoms. The number of rotatable bonds is 4. The fraction of sp³-hybridized carbons (Fsp3) is 0.167. The highest BCUT2D eigenvalue weighted by Crippen LogP contribution is 2.36. The lowest BCUT2D eigenvalue weighted by Gasteiger charge is -2.21. The van der Waals surface area contributed by atoms with Gasteiger partial charge in [-0.2, -0.15) is 5.11 Å². The molecule has 0 aliphatic carbocycles. The second-order valence-electron chi connectivity index (χ2n) is 6.58. The quantitative estimate of drug-likeness (QED) is 0.450. The number of imide groups is 1. The molecule has 31 heavy (non-hydrogen) atoms. The van der Waals surface area contributed by atoms with E-state index in [0.717, 1.165) is 17.1 Å². The lowest BCUT2D eigenvalue weighted by atomic mass is 10.1. The number of hydrogen-bond donors (Lipinski definition) is 1. The van der Waals surface area contributed by atoms with E-state index in [1.165, 1.54) is 12.1 Å². The maximum atomic E-state index is 14.1. The number of carbonyl (C=O) groups is 3. The Morgan fingerprint density at radius 3 is 2.32 bits per heavy atom. The van der Waals surface area contributed by atoms with Gasteiger partial charge in [0.25, 0.3) is 11.8 Å². The van der Waals surface area contributed by atoms with Crippen molar-refractivity contribution in [1.29, 1.82) is 0 Å². The van der Waals surface area contributed by atoms with Crippen LogP contribution in [0, 0.1) is 29.1 Å². The highest BCUT2D eigenvalue weighted by Gasteiger charge is 2.56. The van der Waals surface area contributed by atoms with E-state index in [1.54, 1.807) is 0 Å². The minimum atomic E-state index is -1.94. The van der Waals surface area contributed by atoms with E-state index in [1.807, 2.05) is 0 Å². The summed E-state index contributed by atoms with van der Waals surface area (Å²) in [6.07, 6.45) is 0. The van der Waals surface area contributed by atoms with E-state index in [9.17, 15) is 36.3 Å². The number of nitrogens with zero attached hydrogens (tertiary/aromatic N) is 4. The lowest BCUT2D eigenvalue weighted by Crippen LogP contribution is -2.43. The minimum absolute atomic E-state index is 0.0538. The van der Waals surface area contributed by atoms with E-state index in [0.29, 0.717) is 0 Å². The molecule has 13 heteroatoms. The van der Waals surface area contributed by atoms with Crippen molar-refractivity contribution in [2.24, 2.45) is 10.3 Å². The average molecular weight is 439 g/mol. The van der Waals surface area contributed by atoms with Crippen molar-refractivity contribution in [3.05, 3.63) is 59.4 Å². The van der Waals surface area contributed by atoms with Crippen molar-refractivity contribution in [1.82, 2.24) is 5.01 Å². The first-order valence-electron chi connectivity index (χ1n) is 8.62. The van der Waals surface area contributed by atoms with Crippen LogP contribution in [0.2, 0.25) is 0 Å². The van der Waals surface area contributed by atoms with Crippen molar-refractivity contribution in [3.63, 3.8) is 0 Å². The number of halogens is 5. The molecule has 0 saturated carbocycles. The molecule has 1 N–H and O–H groups in total. The minimum Gasteiger partial charge on any atom is -0.324 e. The lowest BCUT2D eigenvalue weighted by molar-refractivity contribution is -0.123.